The Morgan fingerprint density at radius 2 is 1.84 bits per heavy atom. The fourth-order valence-corrected chi connectivity index (χ4v) is 3.09. The second kappa shape index (κ2) is 6.26. The lowest BCUT2D eigenvalue weighted by atomic mass is 10.0. The molecule has 1 aromatic heterocycles. The monoisotopic (exact) mass is 275 g/mol. The van der Waals surface area contributed by atoms with Gasteiger partial charge in [-0.3, -0.25) is 0 Å². The molecule has 2 rings (SSSR count). The van der Waals surface area contributed by atoms with Crippen LogP contribution in [0.25, 0.3) is 10.6 Å². The lowest BCUT2D eigenvalue weighted by Gasteiger charge is -2.05. The summed E-state index contributed by atoms with van der Waals surface area (Å²) in [5.74, 6) is 0. The number of rotatable bonds is 5. The van der Waals surface area contributed by atoms with Crippen molar-refractivity contribution in [3.63, 3.8) is 0 Å². The van der Waals surface area contributed by atoms with E-state index in [2.05, 4.69) is 61.4 Å². The van der Waals surface area contributed by atoms with Gasteiger partial charge in [0.05, 0.1) is 0 Å². The molecule has 0 aliphatic rings. The van der Waals surface area contributed by atoms with Gasteiger partial charge in [0.1, 0.15) is 10.0 Å². The van der Waals surface area contributed by atoms with E-state index in [4.69, 9.17) is 0 Å². The predicted octanol–water partition coefficient (Wildman–Crippen LogP) is 3.36. The van der Waals surface area contributed by atoms with Gasteiger partial charge in [-0.25, -0.2) is 0 Å². The van der Waals surface area contributed by atoms with E-state index in [9.17, 15) is 0 Å². The van der Waals surface area contributed by atoms with Crippen LogP contribution in [-0.2, 0) is 6.42 Å². The van der Waals surface area contributed by atoms with Crippen molar-refractivity contribution in [3.8, 4) is 10.6 Å². The first kappa shape index (κ1) is 14.2. The third kappa shape index (κ3) is 3.61. The molecule has 1 aromatic carbocycles. The molecule has 0 aliphatic carbocycles. The molecule has 0 saturated carbocycles. The number of hydrogen-bond donors (Lipinski definition) is 1. The molecule has 19 heavy (non-hydrogen) atoms. The first-order chi connectivity index (χ1) is 9.08. The molecule has 0 fully saturated rings. The molecule has 0 amide bonds. The Bertz CT molecular complexity index is 526. The van der Waals surface area contributed by atoms with Gasteiger partial charge in [0, 0.05) is 24.6 Å². The van der Waals surface area contributed by atoms with Crippen LogP contribution >= 0.6 is 11.3 Å². The van der Waals surface area contributed by atoms with E-state index < -0.39 is 0 Å². The Kier molecular flexibility index (Phi) is 4.66. The molecule has 0 aliphatic heterocycles. The molecule has 2 aromatic rings. The predicted molar refractivity (Wildman–Crippen MR) is 81.7 cm³/mol. The Balaban J connectivity index is 2.12. The zero-order chi connectivity index (χ0) is 13.8. The highest BCUT2D eigenvalue weighted by Gasteiger charge is 2.11. The first-order valence-corrected chi connectivity index (χ1v) is 7.52. The van der Waals surface area contributed by atoms with Crippen LogP contribution in [-0.4, -0.2) is 22.8 Å². The van der Waals surface area contributed by atoms with Crippen LogP contribution in [0, 0.1) is 13.8 Å². The van der Waals surface area contributed by atoms with Crippen LogP contribution in [0.3, 0.4) is 0 Å². The van der Waals surface area contributed by atoms with Gasteiger partial charge in [-0.2, -0.15) is 0 Å². The second-order valence-corrected chi connectivity index (χ2v) is 6.19. The van der Waals surface area contributed by atoms with Crippen LogP contribution in [0.5, 0.6) is 0 Å². The normalized spacial score (nSPS) is 11.2. The van der Waals surface area contributed by atoms with Gasteiger partial charge < -0.3 is 5.32 Å². The van der Waals surface area contributed by atoms with E-state index in [0.29, 0.717) is 6.04 Å². The average Bonchev–Trinajstić information content (AvgIpc) is 2.77. The molecule has 0 unspecified atom stereocenters. The highest BCUT2D eigenvalue weighted by atomic mass is 32.1. The Morgan fingerprint density at radius 3 is 2.47 bits per heavy atom. The SMILES string of the molecule is Cc1cccc(C)c1-c1nnc(CCNC(C)C)s1. The molecule has 102 valence electrons. The lowest BCUT2D eigenvalue weighted by Crippen LogP contribution is -2.24. The maximum absolute atomic E-state index is 4.35. The van der Waals surface area contributed by atoms with Crippen molar-refractivity contribution in [2.75, 3.05) is 6.54 Å². The Labute approximate surface area is 119 Å². The standard InChI is InChI=1S/C15H21N3S/c1-10(2)16-9-8-13-17-18-15(19-13)14-11(3)6-5-7-12(14)4/h5-7,10,16H,8-9H2,1-4H3. The number of nitrogens with zero attached hydrogens (tertiary/aromatic N) is 2. The summed E-state index contributed by atoms with van der Waals surface area (Å²) in [4.78, 5) is 0. The summed E-state index contributed by atoms with van der Waals surface area (Å²) in [6.07, 6.45) is 0.945. The second-order valence-electron chi connectivity index (χ2n) is 5.13. The van der Waals surface area contributed by atoms with Crippen molar-refractivity contribution in [2.24, 2.45) is 0 Å². The summed E-state index contributed by atoms with van der Waals surface area (Å²) < 4.78 is 0. The number of nitrogens with one attached hydrogen (secondary N) is 1. The zero-order valence-electron chi connectivity index (χ0n) is 12.0. The molecule has 4 heteroatoms. The van der Waals surface area contributed by atoms with E-state index in [1.54, 1.807) is 11.3 Å². The lowest BCUT2D eigenvalue weighted by molar-refractivity contribution is 0.588. The van der Waals surface area contributed by atoms with E-state index in [1.165, 1.54) is 16.7 Å². The largest absolute Gasteiger partial charge is 0.314 e. The third-order valence-electron chi connectivity index (χ3n) is 3.05. The van der Waals surface area contributed by atoms with Crippen LogP contribution < -0.4 is 5.32 Å². The van der Waals surface area contributed by atoms with Gasteiger partial charge in [-0.05, 0) is 25.0 Å². The number of aryl methyl sites for hydroxylation is 2. The smallest absolute Gasteiger partial charge is 0.148 e. The minimum atomic E-state index is 0.519. The van der Waals surface area contributed by atoms with Gasteiger partial charge >= 0.3 is 0 Å². The van der Waals surface area contributed by atoms with E-state index >= 15 is 0 Å². The number of aromatic nitrogens is 2. The zero-order valence-corrected chi connectivity index (χ0v) is 12.8. The Morgan fingerprint density at radius 1 is 1.16 bits per heavy atom. The van der Waals surface area contributed by atoms with Crippen molar-refractivity contribution >= 4 is 11.3 Å². The van der Waals surface area contributed by atoms with Gasteiger partial charge in [-0.15, -0.1) is 10.2 Å². The van der Waals surface area contributed by atoms with Crippen LogP contribution in [0.1, 0.15) is 30.0 Å². The maximum atomic E-state index is 4.35. The van der Waals surface area contributed by atoms with Crippen molar-refractivity contribution in [2.45, 2.75) is 40.2 Å². The van der Waals surface area contributed by atoms with Gasteiger partial charge in [0.15, 0.2) is 0 Å². The minimum absolute atomic E-state index is 0.519. The summed E-state index contributed by atoms with van der Waals surface area (Å²) in [5, 5.41) is 14.2. The van der Waals surface area contributed by atoms with Crippen molar-refractivity contribution in [1.82, 2.24) is 15.5 Å². The van der Waals surface area contributed by atoms with Gasteiger partial charge in [0.2, 0.25) is 0 Å². The molecule has 0 atom stereocenters. The van der Waals surface area contributed by atoms with Crippen molar-refractivity contribution in [3.05, 3.63) is 34.3 Å². The number of hydrogen-bond acceptors (Lipinski definition) is 4. The molecule has 3 nitrogen and oxygen atoms in total. The van der Waals surface area contributed by atoms with E-state index in [-0.39, 0.29) is 0 Å². The molecule has 0 spiro atoms. The van der Waals surface area contributed by atoms with Crippen LogP contribution in [0.15, 0.2) is 18.2 Å². The molecule has 0 radical (unpaired) electrons. The fraction of sp³-hybridized carbons (Fsp3) is 0.467. The Hall–Kier alpha value is -1.26. The average molecular weight is 275 g/mol. The topological polar surface area (TPSA) is 37.8 Å². The number of benzene rings is 1. The quantitative estimate of drug-likeness (QED) is 0.909. The van der Waals surface area contributed by atoms with Crippen molar-refractivity contribution < 1.29 is 0 Å². The van der Waals surface area contributed by atoms with Gasteiger partial charge in [-0.1, -0.05) is 43.4 Å². The maximum Gasteiger partial charge on any atom is 0.148 e. The molecular formula is C15H21N3S. The first-order valence-electron chi connectivity index (χ1n) is 6.70. The highest BCUT2D eigenvalue weighted by Crippen LogP contribution is 2.29. The molecule has 0 saturated heterocycles. The van der Waals surface area contributed by atoms with E-state index in [1.807, 2.05) is 0 Å². The molecular weight excluding hydrogens is 254 g/mol. The summed E-state index contributed by atoms with van der Waals surface area (Å²) in [5.41, 5.74) is 3.77. The summed E-state index contributed by atoms with van der Waals surface area (Å²) in [7, 11) is 0. The summed E-state index contributed by atoms with van der Waals surface area (Å²) in [6.45, 7) is 9.52. The van der Waals surface area contributed by atoms with Crippen molar-refractivity contribution in [1.29, 1.82) is 0 Å². The molecule has 0 bridgehead atoms. The summed E-state index contributed by atoms with van der Waals surface area (Å²) >= 11 is 1.70. The van der Waals surface area contributed by atoms with Gasteiger partial charge in [0.25, 0.3) is 0 Å². The molecule has 1 heterocycles. The summed E-state index contributed by atoms with van der Waals surface area (Å²) in [6, 6.07) is 6.86. The van der Waals surface area contributed by atoms with Crippen LogP contribution in [0.2, 0.25) is 0 Å². The molecule has 1 N–H and O–H groups in total. The van der Waals surface area contributed by atoms with E-state index in [0.717, 1.165) is 23.0 Å². The van der Waals surface area contributed by atoms with Crippen LogP contribution in [0.4, 0.5) is 0 Å². The minimum Gasteiger partial charge on any atom is -0.314 e. The highest BCUT2D eigenvalue weighted by molar-refractivity contribution is 7.14. The fourth-order valence-electron chi connectivity index (χ4n) is 2.08. The third-order valence-corrected chi connectivity index (χ3v) is 4.05.